The second-order valence-corrected chi connectivity index (χ2v) is 2.19. The molecule has 58 valence electrons. The number of carboxylic acid groups (broad SMARTS) is 1. The number of carbonyl (C=O) groups is 1. The fraction of sp³-hybridized carbons (Fsp3) is 0.125. The molecular formula is C8H8O3. The third kappa shape index (κ3) is 1.97. The summed E-state index contributed by atoms with van der Waals surface area (Å²) >= 11 is 0. The molecule has 1 N–H and O–H groups in total. The molecule has 0 aliphatic carbocycles. The SMILES string of the molecule is C/C(=C\c1ccoc1)C(=O)O. The maximum atomic E-state index is 10.3. The first-order chi connectivity index (χ1) is 5.20. The highest BCUT2D eigenvalue weighted by Gasteiger charge is 1.99. The van der Waals surface area contributed by atoms with E-state index in [0.29, 0.717) is 5.57 Å². The van der Waals surface area contributed by atoms with Crippen LogP contribution in [-0.4, -0.2) is 11.1 Å². The summed E-state index contributed by atoms with van der Waals surface area (Å²) in [5, 5.41) is 8.48. The van der Waals surface area contributed by atoms with Gasteiger partial charge in [-0.1, -0.05) is 0 Å². The molecular weight excluding hydrogens is 144 g/mol. The van der Waals surface area contributed by atoms with E-state index < -0.39 is 5.97 Å². The molecule has 0 aliphatic rings. The van der Waals surface area contributed by atoms with Crippen molar-refractivity contribution in [2.45, 2.75) is 6.92 Å². The molecule has 0 amide bonds. The van der Waals surface area contributed by atoms with Gasteiger partial charge in [0.25, 0.3) is 0 Å². The van der Waals surface area contributed by atoms with Crippen LogP contribution >= 0.6 is 0 Å². The molecule has 0 fully saturated rings. The molecule has 0 spiro atoms. The molecule has 3 heteroatoms. The Morgan fingerprint density at radius 3 is 2.91 bits per heavy atom. The number of aliphatic carboxylic acids is 1. The highest BCUT2D eigenvalue weighted by molar-refractivity contribution is 5.91. The van der Waals surface area contributed by atoms with Crippen molar-refractivity contribution in [3.05, 3.63) is 29.7 Å². The van der Waals surface area contributed by atoms with Crippen LogP contribution in [0.1, 0.15) is 12.5 Å². The average molecular weight is 152 g/mol. The lowest BCUT2D eigenvalue weighted by molar-refractivity contribution is -0.132. The van der Waals surface area contributed by atoms with Gasteiger partial charge in [-0.05, 0) is 19.1 Å². The van der Waals surface area contributed by atoms with Crippen molar-refractivity contribution in [3.8, 4) is 0 Å². The second kappa shape index (κ2) is 3.05. The number of carboxylic acids is 1. The summed E-state index contributed by atoms with van der Waals surface area (Å²) in [6.45, 7) is 1.54. The minimum Gasteiger partial charge on any atom is -0.478 e. The molecule has 0 bridgehead atoms. The van der Waals surface area contributed by atoms with Crippen LogP contribution in [0.4, 0.5) is 0 Å². The lowest BCUT2D eigenvalue weighted by Gasteiger charge is -1.88. The Hall–Kier alpha value is -1.51. The fourth-order valence-corrected chi connectivity index (χ4v) is 0.669. The second-order valence-electron chi connectivity index (χ2n) is 2.19. The highest BCUT2D eigenvalue weighted by atomic mass is 16.4. The Morgan fingerprint density at radius 2 is 2.45 bits per heavy atom. The molecule has 11 heavy (non-hydrogen) atoms. The van der Waals surface area contributed by atoms with Crippen molar-refractivity contribution >= 4 is 12.0 Å². The largest absolute Gasteiger partial charge is 0.478 e. The Morgan fingerprint density at radius 1 is 1.73 bits per heavy atom. The van der Waals surface area contributed by atoms with Gasteiger partial charge in [0.1, 0.15) is 0 Å². The zero-order chi connectivity index (χ0) is 8.27. The number of hydrogen-bond donors (Lipinski definition) is 1. The third-order valence-electron chi connectivity index (χ3n) is 1.26. The van der Waals surface area contributed by atoms with Crippen LogP contribution in [0.2, 0.25) is 0 Å². The van der Waals surface area contributed by atoms with E-state index in [9.17, 15) is 4.79 Å². The molecule has 0 aliphatic heterocycles. The number of hydrogen-bond acceptors (Lipinski definition) is 2. The molecule has 0 aromatic carbocycles. The summed E-state index contributed by atoms with van der Waals surface area (Å²) in [5.41, 5.74) is 1.07. The molecule has 0 atom stereocenters. The smallest absolute Gasteiger partial charge is 0.331 e. The van der Waals surface area contributed by atoms with Crippen LogP contribution < -0.4 is 0 Å². The lowest BCUT2D eigenvalue weighted by Crippen LogP contribution is -1.94. The molecule has 1 heterocycles. The van der Waals surface area contributed by atoms with E-state index in [1.54, 1.807) is 12.1 Å². The number of rotatable bonds is 2. The Labute approximate surface area is 64.0 Å². The van der Waals surface area contributed by atoms with Gasteiger partial charge in [0.2, 0.25) is 0 Å². The van der Waals surface area contributed by atoms with Gasteiger partial charge in [-0.3, -0.25) is 0 Å². The Kier molecular flexibility index (Phi) is 2.11. The van der Waals surface area contributed by atoms with Gasteiger partial charge >= 0.3 is 5.97 Å². The summed E-state index contributed by atoms with van der Waals surface area (Å²) in [7, 11) is 0. The van der Waals surface area contributed by atoms with E-state index in [4.69, 9.17) is 9.52 Å². The van der Waals surface area contributed by atoms with E-state index in [1.165, 1.54) is 19.5 Å². The number of furan rings is 1. The van der Waals surface area contributed by atoms with E-state index in [-0.39, 0.29) is 0 Å². The monoisotopic (exact) mass is 152 g/mol. The van der Waals surface area contributed by atoms with E-state index >= 15 is 0 Å². The summed E-state index contributed by atoms with van der Waals surface area (Å²) in [6, 6.07) is 1.70. The predicted molar refractivity (Wildman–Crippen MR) is 40.0 cm³/mol. The standard InChI is InChI=1S/C8H8O3/c1-6(8(9)10)4-7-2-3-11-5-7/h2-5H,1H3,(H,9,10)/b6-4+. The molecule has 1 aromatic heterocycles. The van der Waals surface area contributed by atoms with Crippen molar-refractivity contribution in [1.82, 2.24) is 0 Å². The maximum Gasteiger partial charge on any atom is 0.331 e. The fourth-order valence-electron chi connectivity index (χ4n) is 0.669. The van der Waals surface area contributed by atoms with Crippen molar-refractivity contribution in [1.29, 1.82) is 0 Å². The molecule has 1 rings (SSSR count). The molecule has 3 nitrogen and oxygen atoms in total. The maximum absolute atomic E-state index is 10.3. The molecule has 1 aromatic rings. The summed E-state index contributed by atoms with van der Waals surface area (Å²) in [6.07, 6.45) is 4.54. The quantitative estimate of drug-likeness (QED) is 0.657. The van der Waals surface area contributed by atoms with Crippen LogP contribution in [0.5, 0.6) is 0 Å². The third-order valence-corrected chi connectivity index (χ3v) is 1.26. The van der Waals surface area contributed by atoms with E-state index in [0.717, 1.165) is 5.56 Å². The normalized spacial score (nSPS) is 11.5. The van der Waals surface area contributed by atoms with Crippen molar-refractivity contribution < 1.29 is 14.3 Å². The van der Waals surface area contributed by atoms with Gasteiger partial charge in [-0.25, -0.2) is 4.79 Å². The van der Waals surface area contributed by atoms with Gasteiger partial charge < -0.3 is 9.52 Å². The van der Waals surface area contributed by atoms with Crippen molar-refractivity contribution in [2.24, 2.45) is 0 Å². The van der Waals surface area contributed by atoms with E-state index in [2.05, 4.69) is 0 Å². The van der Waals surface area contributed by atoms with Gasteiger partial charge in [0, 0.05) is 11.1 Å². The minimum absolute atomic E-state index is 0.298. The predicted octanol–water partition coefficient (Wildman–Crippen LogP) is 1.77. The molecule has 0 radical (unpaired) electrons. The van der Waals surface area contributed by atoms with Gasteiger partial charge in [0.15, 0.2) is 0 Å². The lowest BCUT2D eigenvalue weighted by atomic mass is 10.2. The Balaban J connectivity index is 2.82. The van der Waals surface area contributed by atoms with Gasteiger partial charge in [0.05, 0.1) is 12.5 Å². The zero-order valence-corrected chi connectivity index (χ0v) is 6.07. The van der Waals surface area contributed by atoms with Crippen LogP contribution in [0.25, 0.3) is 6.08 Å². The van der Waals surface area contributed by atoms with Crippen LogP contribution in [-0.2, 0) is 4.79 Å². The molecule has 0 saturated heterocycles. The Bertz CT molecular complexity index is 270. The van der Waals surface area contributed by atoms with Crippen LogP contribution in [0.15, 0.2) is 28.6 Å². The zero-order valence-electron chi connectivity index (χ0n) is 6.07. The van der Waals surface area contributed by atoms with Gasteiger partial charge in [-0.15, -0.1) is 0 Å². The summed E-state index contributed by atoms with van der Waals surface area (Å²) < 4.78 is 4.76. The van der Waals surface area contributed by atoms with Crippen LogP contribution in [0, 0.1) is 0 Å². The minimum atomic E-state index is -0.911. The van der Waals surface area contributed by atoms with Gasteiger partial charge in [-0.2, -0.15) is 0 Å². The first-order valence-corrected chi connectivity index (χ1v) is 3.14. The first kappa shape index (κ1) is 7.60. The summed E-state index contributed by atoms with van der Waals surface area (Å²) in [5.74, 6) is -0.911. The first-order valence-electron chi connectivity index (χ1n) is 3.14. The summed E-state index contributed by atoms with van der Waals surface area (Å²) in [4.78, 5) is 10.3. The van der Waals surface area contributed by atoms with E-state index in [1.807, 2.05) is 0 Å². The molecule has 0 unspecified atom stereocenters. The van der Waals surface area contributed by atoms with Crippen molar-refractivity contribution in [3.63, 3.8) is 0 Å². The average Bonchev–Trinajstić information content (AvgIpc) is 2.39. The molecule has 0 saturated carbocycles. The highest BCUT2D eigenvalue weighted by Crippen LogP contribution is 2.06. The van der Waals surface area contributed by atoms with Crippen molar-refractivity contribution in [2.75, 3.05) is 0 Å². The topological polar surface area (TPSA) is 50.4 Å². The van der Waals surface area contributed by atoms with Crippen LogP contribution in [0.3, 0.4) is 0 Å².